The molecule has 0 saturated heterocycles. The van der Waals surface area contributed by atoms with E-state index in [0.29, 0.717) is 28.9 Å². The zero-order valence-corrected chi connectivity index (χ0v) is 18.1. The molecule has 0 aromatic heterocycles. The van der Waals surface area contributed by atoms with Gasteiger partial charge in [-0.25, -0.2) is 8.78 Å². The fraction of sp³-hybridized carbons (Fsp3) is 0.684. The van der Waals surface area contributed by atoms with Crippen molar-refractivity contribution in [1.29, 1.82) is 0 Å². The Morgan fingerprint density at radius 3 is 2.08 bits per heavy atom. The SMILES string of the molecule is CC(C)OC(CCCCCCc1ccc(F)cc1F)(O[SiH3])OC(C)C. The van der Waals surface area contributed by atoms with Gasteiger partial charge in [-0.05, 0) is 58.6 Å². The van der Waals surface area contributed by atoms with E-state index >= 15 is 0 Å². The normalized spacial score (nSPS) is 12.5. The van der Waals surface area contributed by atoms with Crippen molar-refractivity contribution in [3.05, 3.63) is 35.4 Å². The molecule has 3 nitrogen and oxygen atoms in total. The van der Waals surface area contributed by atoms with Crippen LogP contribution < -0.4 is 0 Å². The molecule has 25 heavy (non-hydrogen) atoms. The van der Waals surface area contributed by atoms with Crippen molar-refractivity contribution in [2.24, 2.45) is 0 Å². The summed E-state index contributed by atoms with van der Waals surface area (Å²) in [5.41, 5.74) is 0.574. The van der Waals surface area contributed by atoms with Crippen LogP contribution in [0.5, 0.6) is 0 Å². The highest BCUT2D eigenvalue weighted by atomic mass is 28.2. The van der Waals surface area contributed by atoms with E-state index in [-0.39, 0.29) is 12.2 Å². The van der Waals surface area contributed by atoms with Gasteiger partial charge in [-0.1, -0.05) is 18.9 Å². The fourth-order valence-electron chi connectivity index (χ4n) is 2.80. The summed E-state index contributed by atoms with van der Waals surface area (Å²) in [5, 5.41) is 0. The summed E-state index contributed by atoms with van der Waals surface area (Å²) >= 11 is 0. The maximum atomic E-state index is 13.6. The Labute approximate surface area is 153 Å². The average Bonchev–Trinajstić information content (AvgIpc) is 2.51. The molecule has 144 valence electrons. The van der Waals surface area contributed by atoms with E-state index in [0.717, 1.165) is 31.7 Å². The molecule has 0 aliphatic carbocycles. The third-order valence-corrected chi connectivity index (χ3v) is 4.46. The molecule has 0 radical (unpaired) electrons. The lowest BCUT2D eigenvalue weighted by Gasteiger charge is -2.36. The Bertz CT molecular complexity index is 499. The third kappa shape index (κ3) is 8.40. The molecule has 0 bridgehead atoms. The minimum Gasteiger partial charge on any atom is -0.380 e. The van der Waals surface area contributed by atoms with Gasteiger partial charge in [0.15, 0.2) is 10.5 Å². The van der Waals surface area contributed by atoms with Crippen LogP contribution in [0.1, 0.15) is 65.4 Å². The number of aryl methyl sites for hydroxylation is 1. The molecule has 1 rings (SSSR count). The molecule has 0 fully saturated rings. The van der Waals surface area contributed by atoms with E-state index < -0.39 is 17.6 Å². The molecule has 0 heterocycles. The molecule has 6 heteroatoms. The van der Waals surface area contributed by atoms with Crippen LogP contribution in [0.2, 0.25) is 0 Å². The van der Waals surface area contributed by atoms with Crippen LogP contribution in [-0.2, 0) is 20.3 Å². The highest BCUT2D eigenvalue weighted by molar-refractivity contribution is 5.98. The van der Waals surface area contributed by atoms with Gasteiger partial charge in [-0.2, -0.15) is 0 Å². The number of ether oxygens (including phenoxy) is 2. The van der Waals surface area contributed by atoms with Crippen molar-refractivity contribution in [3.8, 4) is 0 Å². The van der Waals surface area contributed by atoms with Crippen LogP contribution in [0.4, 0.5) is 8.78 Å². The largest absolute Gasteiger partial charge is 0.380 e. The van der Waals surface area contributed by atoms with Gasteiger partial charge in [0.25, 0.3) is 5.97 Å². The van der Waals surface area contributed by atoms with E-state index in [9.17, 15) is 8.78 Å². The summed E-state index contributed by atoms with van der Waals surface area (Å²) in [5.74, 6) is -1.94. The van der Waals surface area contributed by atoms with Crippen LogP contribution in [-0.4, -0.2) is 28.7 Å². The Kier molecular flexibility index (Phi) is 9.78. The summed E-state index contributed by atoms with van der Waals surface area (Å²) in [6, 6.07) is 3.78. The maximum Gasteiger partial charge on any atom is 0.273 e. The molecule has 0 N–H and O–H groups in total. The smallest absolute Gasteiger partial charge is 0.273 e. The summed E-state index contributed by atoms with van der Waals surface area (Å²) in [6.07, 6.45) is 5.08. The van der Waals surface area contributed by atoms with Gasteiger partial charge in [-0.3, -0.25) is 0 Å². The Hall–Kier alpha value is -0.823. The lowest BCUT2D eigenvalue weighted by molar-refractivity contribution is -0.369. The second-order valence-corrected chi connectivity index (χ2v) is 7.28. The highest BCUT2D eigenvalue weighted by Crippen LogP contribution is 2.26. The van der Waals surface area contributed by atoms with Crippen LogP contribution in [0.3, 0.4) is 0 Å². The van der Waals surface area contributed by atoms with Crippen molar-refractivity contribution in [1.82, 2.24) is 0 Å². The van der Waals surface area contributed by atoms with Gasteiger partial charge in [0.05, 0.1) is 12.2 Å². The van der Waals surface area contributed by atoms with Crippen LogP contribution in [0, 0.1) is 11.6 Å². The van der Waals surface area contributed by atoms with Crippen LogP contribution >= 0.6 is 0 Å². The van der Waals surface area contributed by atoms with Crippen molar-refractivity contribution < 1.29 is 22.7 Å². The van der Waals surface area contributed by atoms with Gasteiger partial charge in [-0.15, -0.1) is 0 Å². The predicted octanol–water partition coefficient (Wildman–Crippen LogP) is 4.26. The molecule has 0 aliphatic heterocycles. The molecule has 1 aromatic carbocycles. The molecule has 1 aromatic rings. The van der Waals surface area contributed by atoms with Crippen LogP contribution in [0.15, 0.2) is 18.2 Å². The molecular weight excluding hydrogens is 342 g/mol. The molecular formula is C19H32F2O3Si. The number of hydrogen-bond donors (Lipinski definition) is 0. The van der Waals surface area contributed by atoms with E-state index in [1.54, 1.807) is 0 Å². The number of unbranched alkanes of at least 4 members (excludes halogenated alkanes) is 3. The van der Waals surface area contributed by atoms with Gasteiger partial charge in [0, 0.05) is 12.5 Å². The lowest BCUT2D eigenvalue weighted by Crippen LogP contribution is -2.42. The monoisotopic (exact) mass is 374 g/mol. The highest BCUT2D eigenvalue weighted by Gasteiger charge is 2.33. The zero-order chi connectivity index (χ0) is 18.9. The minimum absolute atomic E-state index is 0.0224. The first-order chi connectivity index (χ1) is 11.8. The summed E-state index contributed by atoms with van der Waals surface area (Å²) in [7, 11) is 0.536. The summed E-state index contributed by atoms with van der Waals surface area (Å²) < 4.78 is 44.0. The minimum atomic E-state index is -0.947. The topological polar surface area (TPSA) is 27.7 Å². The van der Waals surface area contributed by atoms with Gasteiger partial charge < -0.3 is 13.9 Å². The molecule has 0 atom stereocenters. The van der Waals surface area contributed by atoms with Gasteiger partial charge in [0.2, 0.25) is 0 Å². The molecule has 0 unspecified atom stereocenters. The maximum absolute atomic E-state index is 13.6. The average molecular weight is 375 g/mol. The van der Waals surface area contributed by atoms with Crippen molar-refractivity contribution in [3.63, 3.8) is 0 Å². The Balaban J connectivity index is 2.38. The van der Waals surface area contributed by atoms with E-state index in [1.807, 2.05) is 27.7 Å². The first-order valence-corrected chi connectivity index (χ1v) is 9.94. The van der Waals surface area contributed by atoms with Gasteiger partial charge >= 0.3 is 0 Å². The van der Waals surface area contributed by atoms with Crippen molar-refractivity contribution in [2.45, 2.75) is 84.4 Å². The second-order valence-electron chi connectivity index (χ2n) is 6.87. The first kappa shape index (κ1) is 22.2. The summed E-state index contributed by atoms with van der Waals surface area (Å²) in [6.45, 7) is 7.87. The number of halogens is 2. The summed E-state index contributed by atoms with van der Waals surface area (Å²) in [4.78, 5) is 0. The second kappa shape index (κ2) is 11.0. The van der Waals surface area contributed by atoms with Gasteiger partial charge in [0.1, 0.15) is 11.6 Å². The zero-order valence-electron chi connectivity index (χ0n) is 16.1. The van der Waals surface area contributed by atoms with E-state index in [2.05, 4.69) is 0 Å². The third-order valence-electron chi connectivity index (χ3n) is 3.84. The standard InChI is InChI=1S/C19H32F2O3Si/c1-14(2)22-19(24-25,23-15(3)4)12-8-6-5-7-9-16-10-11-17(20)13-18(16)21/h10-11,13-15H,5-9,12H2,1-4,25H3. The quantitative estimate of drug-likeness (QED) is 0.311. The van der Waals surface area contributed by atoms with E-state index in [4.69, 9.17) is 13.9 Å². The number of rotatable bonds is 12. The molecule has 0 spiro atoms. The number of benzene rings is 1. The Morgan fingerprint density at radius 2 is 1.56 bits per heavy atom. The lowest BCUT2D eigenvalue weighted by atomic mass is 10.0. The Morgan fingerprint density at radius 1 is 0.960 bits per heavy atom. The van der Waals surface area contributed by atoms with Crippen molar-refractivity contribution >= 4 is 10.5 Å². The molecule has 0 aliphatic rings. The van der Waals surface area contributed by atoms with E-state index in [1.165, 1.54) is 12.1 Å². The number of hydrogen-bond acceptors (Lipinski definition) is 3. The molecule has 0 amide bonds. The van der Waals surface area contributed by atoms with Crippen LogP contribution in [0.25, 0.3) is 0 Å². The molecule has 0 saturated carbocycles. The first-order valence-electron chi connectivity index (χ1n) is 9.12. The fourth-order valence-corrected chi connectivity index (χ4v) is 3.19. The van der Waals surface area contributed by atoms with Crippen molar-refractivity contribution in [2.75, 3.05) is 0 Å². The predicted molar refractivity (Wildman–Crippen MR) is 99.3 cm³/mol.